The number of amides is 1. The summed E-state index contributed by atoms with van der Waals surface area (Å²) in [6, 6.07) is 16.9. The van der Waals surface area contributed by atoms with Gasteiger partial charge in [-0.25, -0.2) is 4.98 Å². The number of rotatable bonds is 7. The molecule has 0 saturated heterocycles. The summed E-state index contributed by atoms with van der Waals surface area (Å²) in [5, 5.41) is 23.6. The number of thioether (sulfide) groups is 1. The zero-order valence-corrected chi connectivity index (χ0v) is 20.6. The first kappa shape index (κ1) is 23.1. The second-order valence-corrected chi connectivity index (χ2v) is 10.2. The molecule has 3 aromatic carbocycles. The van der Waals surface area contributed by atoms with Gasteiger partial charge in [0, 0.05) is 21.4 Å². The van der Waals surface area contributed by atoms with Gasteiger partial charge in [-0.3, -0.25) is 19.9 Å². The Morgan fingerprint density at radius 1 is 1.24 bits per heavy atom. The van der Waals surface area contributed by atoms with Crippen molar-refractivity contribution < 1.29 is 14.8 Å². The van der Waals surface area contributed by atoms with Gasteiger partial charge in [0.15, 0.2) is 4.34 Å². The topological polar surface area (TPSA) is 118 Å². The Bertz CT molecular complexity index is 1390. The average molecular weight is 590 g/mol. The number of anilines is 1. The van der Waals surface area contributed by atoms with E-state index in [9.17, 15) is 20.0 Å². The van der Waals surface area contributed by atoms with Crippen molar-refractivity contribution in [3.63, 3.8) is 0 Å². The third kappa shape index (κ3) is 5.86. The summed E-state index contributed by atoms with van der Waals surface area (Å²) in [5.41, 5.74) is 2.15. The van der Waals surface area contributed by atoms with Gasteiger partial charge in [0.25, 0.3) is 5.69 Å². The highest BCUT2D eigenvalue weighted by Gasteiger charge is 2.15. The van der Waals surface area contributed by atoms with Crippen LogP contribution in [-0.4, -0.2) is 32.9 Å². The molecule has 0 atom stereocenters. The summed E-state index contributed by atoms with van der Waals surface area (Å²) < 4.78 is 2.62. The molecule has 1 heterocycles. The van der Waals surface area contributed by atoms with E-state index in [-0.39, 0.29) is 28.8 Å². The summed E-state index contributed by atoms with van der Waals surface area (Å²) in [6.07, 6.45) is 1.61. The SMILES string of the molecule is O=C(CSc1nc2ccc(N=Cc3cc(I)ccc3O)cc2s1)Nc1ccccc1[N+](=O)[O-]. The molecule has 0 saturated carbocycles. The van der Waals surface area contributed by atoms with E-state index in [2.05, 4.69) is 37.9 Å². The zero-order chi connectivity index (χ0) is 23.4. The molecule has 0 radical (unpaired) electrons. The van der Waals surface area contributed by atoms with Gasteiger partial charge in [0.2, 0.25) is 5.91 Å². The van der Waals surface area contributed by atoms with E-state index in [1.807, 2.05) is 30.3 Å². The fourth-order valence-electron chi connectivity index (χ4n) is 2.86. The number of hydrogen-bond acceptors (Lipinski definition) is 8. The van der Waals surface area contributed by atoms with Gasteiger partial charge in [-0.2, -0.15) is 0 Å². The number of carbonyl (C=O) groups is 1. The molecule has 0 bridgehead atoms. The molecule has 1 amide bonds. The minimum absolute atomic E-state index is 0.0722. The van der Waals surface area contributed by atoms with Crippen molar-refractivity contribution in [3.05, 3.63) is 79.9 Å². The number of phenolic OH excluding ortho intramolecular Hbond substituents is 1. The van der Waals surface area contributed by atoms with Gasteiger partial charge >= 0.3 is 0 Å². The maximum atomic E-state index is 12.3. The predicted octanol–water partition coefficient (Wildman–Crippen LogP) is 6.00. The van der Waals surface area contributed by atoms with Crippen LogP contribution in [0, 0.1) is 13.7 Å². The van der Waals surface area contributed by atoms with Crippen molar-refractivity contribution >= 4 is 85.1 Å². The number of nitro groups is 1. The Balaban J connectivity index is 1.42. The largest absolute Gasteiger partial charge is 0.507 e. The Morgan fingerprint density at radius 3 is 2.88 bits per heavy atom. The first-order valence-electron chi connectivity index (χ1n) is 9.48. The van der Waals surface area contributed by atoms with E-state index in [1.165, 1.54) is 35.2 Å². The molecule has 0 aliphatic heterocycles. The number of nitro benzene ring substituents is 1. The number of hydrogen-bond donors (Lipinski definition) is 2. The molecule has 0 spiro atoms. The highest BCUT2D eigenvalue weighted by Crippen LogP contribution is 2.32. The molecule has 4 rings (SSSR count). The number of phenols is 1. The van der Waals surface area contributed by atoms with Crippen LogP contribution in [0.3, 0.4) is 0 Å². The molecular formula is C22H15IN4O4S2. The lowest BCUT2D eigenvalue weighted by Gasteiger charge is -2.04. The second kappa shape index (κ2) is 10.3. The average Bonchev–Trinajstić information content (AvgIpc) is 3.21. The number of nitrogens with one attached hydrogen (secondary N) is 1. The van der Waals surface area contributed by atoms with E-state index in [1.54, 1.807) is 24.4 Å². The Labute approximate surface area is 210 Å². The van der Waals surface area contributed by atoms with Crippen LogP contribution >= 0.6 is 45.7 Å². The van der Waals surface area contributed by atoms with E-state index in [0.717, 1.165) is 19.5 Å². The van der Waals surface area contributed by atoms with Gasteiger partial charge in [-0.05, 0) is 65.1 Å². The molecule has 8 nitrogen and oxygen atoms in total. The smallest absolute Gasteiger partial charge is 0.292 e. The molecule has 11 heteroatoms. The van der Waals surface area contributed by atoms with Gasteiger partial charge in [-0.1, -0.05) is 23.9 Å². The normalized spacial score (nSPS) is 11.2. The maximum Gasteiger partial charge on any atom is 0.292 e. The van der Waals surface area contributed by atoms with Crippen LogP contribution in [-0.2, 0) is 4.79 Å². The first-order valence-corrected chi connectivity index (χ1v) is 12.4. The summed E-state index contributed by atoms with van der Waals surface area (Å²) in [5.74, 6) is -0.116. The van der Waals surface area contributed by atoms with Crippen molar-refractivity contribution in [1.82, 2.24) is 4.98 Å². The van der Waals surface area contributed by atoms with Gasteiger partial charge in [0.05, 0.1) is 26.6 Å². The summed E-state index contributed by atoms with van der Waals surface area (Å²) >= 11 is 4.87. The van der Waals surface area contributed by atoms with Crippen molar-refractivity contribution in [2.24, 2.45) is 4.99 Å². The molecule has 4 aromatic rings. The van der Waals surface area contributed by atoms with Crippen LogP contribution in [0.2, 0.25) is 0 Å². The highest BCUT2D eigenvalue weighted by atomic mass is 127. The van der Waals surface area contributed by atoms with Gasteiger partial charge in [0.1, 0.15) is 11.4 Å². The number of thiazole rings is 1. The fraction of sp³-hybridized carbons (Fsp3) is 0.0455. The Kier molecular flexibility index (Phi) is 7.20. The number of nitrogens with zero attached hydrogens (tertiary/aromatic N) is 3. The number of aliphatic imine (C=N–C) groups is 1. The summed E-state index contributed by atoms with van der Waals surface area (Å²) in [6.45, 7) is 0. The molecule has 0 aliphatic rings. The number of carbonyl (C=O) groups excluding carboxylic acids is 1. The number of benzene rings is 3. The molecule has 0 fully saturated rings. The molecule has 1 aromatic heterocycles. The lowest BCUT2D eigenvalue weighted by molar-refractivity contribution is -0.383. The number of para-hydroxylation sites is 2. The van der Waals surface area contributed by atoms with Crippen molar-refractivity contribution in [2.45, 2.75) is 4.34 Å². The fourth-order valence-corrected chi connectivity index (χ4v) is 5.28. The quantitative estimate of drug-likeness (QED) is 0.0897. The number of halogens is 1. The number of aromatic hydroxyl groups is 1. The lowest BCUT2D eigenvalue weighted by Crippen LogP contribution is -2.15. The van der Waals surface area contributed by atoms with Crippen LogP contribution in [0.5, 0.6) is 5.75 Å². The lowest BCUT2D eigenvalue weighted by atomic mass is 10.2. The minimum atomic E-state index is -0.531. The third-order valence-electron chi connectivity index (χ3n) is 4.40. The van der Waals surface area contributed by atoms with Crippen LogP contribution in [0.1, 0.15) is 5.56 Å². The highest BCUT2D eigenvalue weighted by molar-refractivity contribution is 14.1. The molecule has 0 unspecified atom stereocenters. The van der Waals surface area contributed by atoms with Crippen molar-refractivity contribution in [3.8, 4) is 5.75 Å². The van der Waals surface area contributed by atoms with Crippen LogP contribution < -0.4 is 5.32 Å². The van der Waals surface area contributed by atoms with E-state index in [0.29, 0.717) is 9.90 Å². The Morgan fingerprint density at radius 2 is 2.06 bits per heavy atom. The third-order valence-corrected chi connectivity index (χ3v) is 7.23. The molecular weight excluding hydrogens is 575 g/mol. The zero-order valence-electron chi connectivity index (χ0n) is 16.8. The van der Waals surface area contributed by atoms with Crippen molar-refractivity contribution in [1.29, 1.82) is 0 Å². The molecule has 2 N–H and O–H groups in total. The van der Waals surface area contributed by atoms with Crippen LogP contribution in [0.25, 0.3) is 10.2 Å². The monoisotopic (exact) mass is 590 g/mol. The van der Waals surface area contributed by atoms with Gasteiger partial charge < -0.3 is 10.4 Å². The molecule has 0 aliphatic carbocycles. The van der Waals surface area contributed by atoms with Crippen molar-refractivity contribution in [2.75, 3.05) is 11.1 Å². The predicted molar refractivity (Wildman–Crippen MR) is 140 cm³/mol. The number of fused-ring (bicyclic) bond motifs is 1. The minimum Gasteiger partial charge on any atom is -0.507 e. The maximum absolute atomic E-state index is 12.3. The first-order chi connectivity index (χ1) is 15.9. The van der Waals surface area contributed by atoms with Crippen LogP contribution in [0.4, 0.5) is 17.1 Å². The van der Waals surface area contributed by atoms with E-state index < -0.39 is 4.92 Å². The van der Waals surface area contributed by atoms with E-state index >= 15 is 0 Å². The molecule has 166 valence electrons. The summed E-state index contributed by atoms with van der Waals surface area (Å²) in [4.78, 5) is 31.8. The second-order valence-electron chi connectivity index (χ2n) is 6.70. The number of aromatic nitrogens is 1. The Hall–Kier alpha value is -3.03. The van der Waals surface area contributed by atoms with E-state index in [4.69, 9.17) is 0 Å². The van der Waals surface area contributed by atoms with Crippen LogP contribution in [0.15, 0.2) is 70.0 Å². The standard InChI is InChI=1S/C22H15IN4O4S2/c23-14-5-8-19(28)13(9-14)11-24-15-6-7-17-20(10-15)33-22(26-17)32-12-21(29)25-16-3-1-2-4-18(16)27(30)31/h1-11,28H,12H2,(H,25,29). The molecule has 33 heavy (non-hydrogen) atoms. The van der Waals surface area contributed by atoms with Gasteiger partial charge in [-0.15, -0.1) is 11.3 Å². The summed E-state index contributed by atoms with van der Waals surface area (Å²) in [7, 11) is 0.